The molecule has 0 saturated heterocycles. The summed E-state index contributed by atoms with van der Waals surface area (Å²) in [5, 5.41) is 0.791. The Balaban J connectivity index is 2.33. The van der Waals surface area contributed by atoms with E-state index in [9.17, 15) is 4.79 Å². The number of aryl methyl sites for hydroxylation is 1. The predicted molar refractivity (Wildman–Crippen MR) is 77.5 cm³/mol. The number of hydrogen-bond donors (Lipinski definition) is 0. The Labute approximate surface area is 116 Å². The number of ether oxygens (including phenoxy) is 1. The summed E-state index contributed by atoms with van der Waals surface area (Å²) in [4.78, 5) is 18.1. The average Bonchev–Trinajstić information content (AvgIpc) is 2.81. The maximum absolute atomic E-state index is 11.0. The van der Waals surface area contributed by atoms with Crippen LogP contribution < -0.4 is 4.90 Å². The van der Waals surface area contributed by atoms with E-state index < -0.39 is 0 Å². The van der Waals surface area contributed by atoms with E-state index in [1.165, 1.54) is 16.9 Å². The predicted octanol–water partition coefficient (Wildman–Crippen LogP) is 3.18. The quantitative estimate of drug-likeness (QED) is 0.787. The molecule has 0 bridgehead atoms. The minimum atomic E-state index is 0.353. The molecule has 0 fully saturated rings. The van der Waals surface area contributed by atoms with Gasteiger partial charge in [-0.25, -0.2) is 4.98 Å². The molecule has 100 valence electrons. The Morgan fingerprint density at radius 1 is 1.47 bits per heavy atom. The standard InChI is InChI=1S/C14H16N2O2S/c1-10-5-4-6-11(7-10)16(2)14-15-12(9-18-3)13(8-17)19-14/h4-8H,9H2,1-3H3. The molecule has 0 saturated carbocycles. The van der Waals surface area contributed by atoms with Gasteiger partial charge in [0.1, 0.15) is 0 Å². The van der Waals surface area contributed by atoms with Crippen LogP contribution in [-0.2, 0) is 11.3 Å². The van der Waals surface area contributed by atoms with Crippen LogP contribution in [0.25, 0.3) is 0 Å². The van der Waals surface area contributed by atoms with Crippen molar-refractivity contribution >= 4 is 28.4 Å². The van der Waals surface area contributed by atoms with Crippen molar-refractivity contribution in [3.05, 3.63) is 40.4 Å². The van der Waals surface area contributed by atoms with Crippen molar-refractivity contribution in [2.45, 2.75) is 13.5 Å². The Morgan fingerprint density at radius 2 is 2.26 bits per heavy atom. The molecule has 1 aromatic carbocycles. The van der Waals surface area contributed by atoms with Gasteiger partial charge in [-0.3, -0.25) is 4.79 Å². The molecule has 19 heavy (non-hydrogen) atoms. The second-order valence-corrected chi connectivity index (χ2v) is 5.27. The molecular formula is C14H16N2O2S. The molecule has 0 aliphatic rings. The van der Waals surface area contributed by atoms with Crippen LogP contribution in [0, 0.1) is 6.92 Å². The second kappa shape index (κ2) is 5.95. The normalized spacial score (nSPS) is 10.5. The minimum Gasteiger partial charge on any atom is -0.378 e. The third-order valence-corrected chi connectivity index (χ3v) is 3.88. The molecule has 4 nitrogen and oxygen atoms in total. The van der Waals surface area contributed by atoms with Crippen molar-refractivity contribution in [2.24, 2.45) is 0 Å². The van der Waals surface area contributed by atoms with E-state index in [0.29, 0.717) is 17.2 Å². The number of thiazole rings is 1. The van der Waals surface area contributed by atoms with Crippen LogP contribution in [0.3, 0.4) is 0 Å². The zero-order valence-electron chi connectivity index (χ0n) is 11.2. The zero-order valence-corrected chi connectivity index (χ0v) is 12.0. The highest BCUT2D eigenvalue weighted by atomic mass is 32.1. The van der Waals surface area contributed by atoms with Crippen LogP contribution in [0.15, 0.2) is 24.3 Å². The Kier molecular flexibility index (Phi) is 4.29. The van der Waals surface area contributed by atoms with Gasteiger partial charge in [0.05, 0.1) is 17.2 Å². The summed E-state index contributed by atoms with van der Waals surface area (Å²) in [6.45, 7) is 2.40. The summed E-state index contributed by atoms with van der Waals surface area (Å²) >= 11 is 1.38. The molecule has 2 aromatic rings. The van der Waals surface area contributed by atoms with Gasteiger partial charge >= 0.3 is 0 Å². The fourth-order valence-corrected chi connectivity index (χ4v) is 2.64. The molecule has 2 rings (SSSR count). The maximum atomic E-state index is 11.0. The third-order valence-electron chi connectivity index (χ3n) is 2.78. The van der Waals surface area contributed by atoms with Crippen LogP contribution >= 0.6 is 11.3 Å². The lowest BCUT2D eigenvalue weighted by Gasteiger charge is -2.16. The number of rotatable bonds is 5. The highest BCUT2D eigenvalue weighted by Crippen LogP contribution is 2.30. The molecule has 1 heterocycles. The van der Waals surface area contributed by atoms with Crippen LogP contribution in [-0.4, -0.2) is 25.4 Å². The van der Waals surface area contributed by atoms with E-state index in [0.717, 1.165) is 17.1 Å². The van der Waals surface area contributed by atoms with E-state index in [2.05, 4.69) is 11.1 Å². The second-order valence-electron chi connectivity index (χ2n) is 4.26. The molecule has 0 atom stereocenters. The van der Waals surface area contributed by atoms with E-state index >= 15 is 0 Å². The smallest absolute Gasteiger partial charge is 0.190 e. The first kappa shape index (κ1) is 13.7. The number of carbonyl (C=O) groups excluding carboxylic acids is 1. The summed E-state index contributed by atoms with van der Waals surface area (Å²) in [5.41, 5.74) is 2.93. The SMILES string of the molecule is COCc1nc(N(C)c2cccc(C)c2)sc1C=O. The molecule has 5 heteroatoms. The lowest BCUT2D eigenvalue weighted by molar-refractivity contribution is 0.112. The van der Waals surface area contributed by atoms with Crippen LogP contribution in [0.4, 0.5) is 10.8 Å². The zero-order chi connectivity index (χ0) is 13.8. The first-order chi connectivity index (χ1) is 9.15. The van der Waals surface area contributed by atoms with Gasteiger partial charge < -0.3 is 9.64 Å². The molecule has 0 radical (unpaired) electrons. The van der Waals surface area contributed by atoms with E-state index in [4.69, 9.17) is 4.74 Å². The molecule has 0 aliphatic heterocycles. The van der Waals surface area contributed by atoms with Crippen LogP contribution in [0.5, 0.6) is 0 Å². The summed E-state index contributed by atoms with van der Waals surface area (Å²) in [6, 6.07) is 8.15. The third kappa shape index (κ3) is 3.00. The van der Waals surface area contributed by atoms with Gasteiger partial charge in [0, 0.05) is 19.8 Å². The van der Waals surface area contributed by atoms with E-state index in [1.807, 2.05) is 37.1 Å². The van der Waals surface area contributed by atoms with Gasteiger partial charge in [0.2, 0.25) is 0 Å². The lowest BCUT2D eigenvalue weighted by atomic mass is 10.2. The highest BCUT2D eigenvalue weighted by molar-refractivity contribution is 7.17. The number of anilines is 2. The number of carbonyl (C=O) groups is 1. The van der Waals surface area contributed by atoms with Crippen molar-refractivity contribution in [2.75, 3.05) is 19.1 Å². The largest absolute Gasteiger partial charge is 0.378 e. The van der Waals surface area contributed by atoms with Crippen molar-refractivity contribution in [3.63, 3.8) is 0 Å². The number of aromatic nitrogens is 1. The summed E-state index contributed by atoms with van der Waals surface area (Å²) in [7, 11) is 3.54. The summed E-state index contributed by atoms with van der Waals surface area (Å²) in [5.74, 6) is 0. The molecule has 1 aromatic heterocycles. The fourth-order valence-electron chi connectivity index (χ4n) is 1.77. The molecule has 0 aliphatic carbocycles. The Hall–Kier alpha value is -1.72. The first-order valence-electron chi connectivity index (χ1n) is 5.90. The topological polar surface area (TPSA) is 42.4 Å². The number of aldehydes is 1. The summed E-state index contributed by atoms with van der Waals surface area (Å²) in [6.07, 6.45) is 0.833. The van der Waals surface area contributed by atoms with Gasteiger partial charge in [-0.15, -0.1) is 0 Å². The Morgan fingerprint density at radius 3 is 2.89 bits per heavy atom. The molecular weight excluding hydrogens is 260 g/mol. The number of hydrogen-bond acceptors (Lipinski definition) is 5. The van der Waals surface area contributed by atoms with Gasteiger partial charge in [0.15, 0.2) is 11.4 Å². The van der Waals surface area contributed by atoms with Gasteiger partial charge in [-0.05, 0) is 24.6 Å². The molecule has 0 amide bonds. The van der Waals surface area contributed by atoms with E-state index in [-0.39, 0.29) is 0 Å². The number of methoxy groups -OCH3 is 1. The minimum absolute atomic E-state index is 0.353. The van der Waals surface area contributed by atoms with Crippen molar-refractivity contribution in [1.29, 1.82) is 0 Å². The van der Waals surface area contributed by atoms with Gasteiger partial charge in [-0.1, -0.05) is 23.5 Å². The number of benzene rings is 1. The Bertz CT molecular complexity index is 581. The monoisotopic (exact) mass is 276 g/mol. The van der Waals surface area contributed by atoms with Crippen LogP contribution in [0.2, 0.25) is 0 Å². The molecule has 0 N–H and O–H groups in total. The fraction of sp³-hybridized carbons (Fsp3) is 0.286. The molecule has 0 unspecified atom stereocenters. The molecule has 0 spiro atoms. The number of nitrogens with zero attached hydrogens (tertiary/aromatic N) is 2. The van der Waals surface area contributed by atoms with Crippen molar-refractivity contribution in [1.82, 2.24) is 4.98 Å². The van der Waals surface area contributed by atoms with E-state index in [1.54, 1.807) is 7.11 Å². The van der Waals surface area contributed by atoms with Gasteiger partial charge in [0.25, 0.3) is 0 Å². The first-order valence-corrected chi connectivity index (χ1v) is 6.71. The van der Waals surface area contributed by atoms with Crippen LogP contribution in [0.1, 0.15) is 20.9 Å². The highest BCUT2D eigenvalue weighted by Gasteiger charge is 2.14. The van der Waals surface area contributed by atoms with Crippen molar-refractivity contribution < 1.29 is 9.53 Å². The average molecular weight is 276 g/mol. The maximum Gasteiger partial charge on any atom is 0.190 e. The lowest BCUT2D eigenvalue weighted by Crippen LogP contribution is -2.09. The van der Waals surface area contributed by atoms with Crippen molar-refractivity contribution in [3.8, 4) is 0 Å². The van der Waals surface area contributed by atoms with Gasteiger partial charge in [-0.2, -0.15) is 0 Å². The summed E-state index contributed by atoms with van der Waals surface area (Å²) < 4.78 is 5.06.